The Bertz CT molecular complexity index is 368. The van der Waals surface area contributed by atoms with E-state index in [1.165, 1.54) is 15.3 Å². The molecule has 1 aromatic heterocycles. The van der Waals surface area contributed by atoms with E-state index in [0.717, 1.165) is 0 Å². The minimum Gasteiger partial charge on any atom is -0.389 e. The van der Waals surface area contributed by atoms with Gasteiger partial charge in [-0.1, -0.05) is 0 Å². The zero-order valence-corrected chi connectivity index (χ0v) is 13.0. The van der Waals surface area contributed by atoms with E-state index in [9.17, 15) is 5.11 Å². The largest absolute Gasteiger partial charge is 0.389 e. The van der Waals surface area contributed by atoms with Gasteiger partial charge in [0.2, 0.25) is 0 Å². The molecule has 2 atom stereocenters. The van der Waals surface area contributed by atoms with Crippen molar-refractivity contribution in [2.45, 2.75) is 32.9 Å². The molecule has 0 aromatic carbocycles. The Kier molecular flexibility index (Phi) is 7.56. The first-order valence-electron chi connectivity index (χ1n) is 6.59. The Morgan fingerprint density at radius 1 is 1.37 bits per heavy atom. The van der Waals surface area contributed by atoms with Crippen molar-refractivity contribution in [1.29, 1.82) is 0 Å². The fourth-order valence-corrected chi connectivity index (χ4v) is 2.95. The molecule has 1 heterocycles. The summed E-state index contributed by atoms with van der Waals surface area (Å²) >= 11 is 1.81. The van der Waals surface area contributed by atoms with Crippen LogP contribution in [0, 0.1) is 13.8 Å². The molecule has 0 aliphatic carbocycles. The van der Waals surface area contributed by atoms with E-state index in [0.29, 0.717) is 26.4 Å². The van der Waals surface area contributed by atoms with Gasteiger partial charge in [0.25, 0.3) is 0 Å². The van der Waals surface area contributed by atoms with Crippen molar-refractivity contribution in [1.82, 2.24) is 5.32 Å². The third-order valence-electron chi connectivity index (χ3n) is 2.95. The van der Waals surface area contributed by atoms with Gasteiger partial charge in [0, 0.05) is 29.5 Å². The second-order valence-electron chi connectivity index (χ2n) is 4.72. The van der Waals surface area contributed by atoms with Crippen LogP contribution in [0.4, 0.5) is 0 Å². The van der Waals surface area contributed by atoms with Crippen LogP contribution in [0.1, 0.15) is 28.3 Å². The topological polar surface area (TPSA) is 50.7 Å². The lowest BCUT2D eigenvalue weighted by molar-refractivity contribution is 0.0130. The van der Waals surface area contributed by atoms with Crippen LogP contribution in [0.3, 0.4) is 0 Å². The van der Waals surface area contributed by atoms with Crippen molar-refractivity contribution < 1.29 is 14.6 Å². The molecule has 0 aliphatic rings. The lowest BCUT2D eigenvalue weighted by Crippen LogP contribution is -2.32. The summed E-state index contributed by atoms with van der Waals surface area (Å²) in [6.07, 6.45) is -0.487. The predicted octanol–water partition coefficient (Wildman–Crippen LogP) is 2.04. The molecule has 0 radical (unpaired) electrons. The van der Waals surface area contributed by atoms with E-state index in [-0.39, 0.29) is 6.04 Å². The van der Waals surface area contributed by atoms with Crippen LogP contribution >= 0.6 is 11.3 Å². The first-order valence-corrected chi connectivity index (χ1v) is 7.41. The summed E-state index contributed by atoms with van der Waals surface area (Å²) in [5.74, 6) is 0. The Balaban J connectivity index is 2.26. The average molecular weight is 287 g/mol. The zero-order valence-electron chi connectivity index (χ0n) is 12.2. The summed E-state index contributed by atoms with van der Waals surface area (Å²) in [4.78, 5) is 2.66. The van der Waals surface area contributed by atoms with Gasteiger partial charge in [-0.05, 0) is 32.4 Å². The number of hydrogen-bond acceptors (Lipinski definition) is 5. The lowest BCUT2D eigenvalue weighted by Gasteiger charge is -2.17. The van der Waals surface area contributed by atoms with Gasteiger partial charge < -0.3 is 19.9 Å². The number of aliphatic hydroxyl groups excluding tert-OH is 1. The molecular weight excluding hydrogens is 262 g/mol. The number of ether oxygens (including phenoxy) is 2. The van der Waals surface area contributed by atoms with Gasteiger partial charge in [-0.15, -0.1) is 11.3 Å². The zero-order chi connectivity index (χ0) is 14.3. The molecular formula is C14H25NO3S. The SMILES string of the molecule is COCCOCC(O)CNC(C)c1cc(C)sc1C. The third kappa shape index (κ3) is 6.01. The number of thiophene rings is 1. The minimum absolute atomic E-state index is 0.249. The smallest absolute Gasteiger partial charge is 0.0897 e. The Morgan fingerprint density at radius 3 is 2.68 bits per heavy atom. The normalized spacial score (nSPS) is 14.6. The number of rotatable bonds is 9. The van der Waals surface area contributed by atoms with Gasteiger partial charge in [-0.25, -0.2) is 0 Å². The van der Waals surface area contributed by atoms with Crippen LogP contribution in [0.5, 0.6) is 0 Å². The van der Waals surface area contributed by atoms with Crippen molar-refractivity contribution in [3.8, 4) is 0 Å². The highest BCUT2D eigenvalue weighted by Gasteiger charge is 2.12. The fraction of sp³-hybridized carbons (Fsp3) is 0.714. The van der Waals surface area contributed by atoms with E-state index in [2.05, 4.69) is 32.2 Å². The van der Waals surface area contributed by atoms with E-state index in [4.69, 9.17) is 9.47 Å². The summed E-state index contributed by atoms with van der Waals surface area (Å²) < 4.78 is 10.2. The average Bonchev–Trinajstić information content (AvgIpc) is 2.71. The van der Waals surface area contributed by atoms with Crippen LogP contribution in [-0.4, -0.2) is 44.7 Å². The van der Waals surface area contributed by atoms with Crippen molar-refractivity contribution >= 4 is 11.3 Å². The van der Waals surface area contributed by atoms with Crippen LogP contribution in [0.2, 0.25) is 0 Å². The molecule has 0 aliphatic heterocycles. The minimum atomic E-state index is -0.487. The number of aliphatic hydroxyl groups is 1. The highest BCUT2D eigenvalue weighted by Crippen LogP contribution is 2.25. The van der Waals surface area contributed by atoms with Crippen molar-refractivity contribution in [2.24, 2.45) is 0 Å². The van der Waals surface area contributed by atoms with Gasteiger partial charge in [0.1, 0.15) is 0 Å². The molecule has 0 saturated carbocycles. The number of methoxy groups -OCH3 is 1. The van der Waals surface area contributed by atoms with E-state index < -0.39 is 6.10 Å². The maximum Gasteiger partial charge on any atom is 0.0897 e. The second-order valence-corrected chi connectivity index (χ2v) is 6.18. The van der Waals surface area contributed by atoms with Gasteiger partial charge in [0.15, 0.2) is 0 Å². The first-order chi connectivity index (χ1) is 9.04. The number of nitrogens with one attached hydrogen (secondary N) is 1. The number of aryl methyl sites for hydroxylation is 2. The molecule has 0 spiro atoms. The van der Waals surface area contributed by atoms with Crippen molar-refractivity contribution in [3.05, 3.63) is 21.4 Å². The van der Waals surface area contributed by atoms with Gasteiger partial charge in [-0.2, -0.15) is 0 Å². The monoisotopic (exact) mass is 287 g/mol. The molecule has 2 N–H and O–H groups in total. The maximum absolute atomic E-state index is 9.79. The molecule has 0 bridgehead atoms. The molecule has 2 unspecified atom stereocenters. The van der Waals surface area contributed by atoms with Crippen molar-refractivity contribution in [3.63, 3.8) is 0 Å². The molecule has 5 heteroatoms. The second kappa shape index (κ2) is 8.66. The summed E-state index contributed by atoms with van der Waals surface area (Å²) in [5, 5.41) is 13.1. The van der Waals surface area contributed by atoms with E-state index >= 15 is 0 Å². The fourth-order valence-electron chi connectivity index (χ4n) is 1.92. The van der Waals surface area contributed by atoms with Gasteiger partial charge in [-0.3, -0.25) is 0 Å². The lowest BCUT2D eigenvalue weighted by atomic mass is 10.1. The third-order valence-corrected chi connectivity index (χ3v) is 3.93. The highest BCUT2D eigenvalue weighted by molar-refractivity contribution is 7.12. The number of hydrogen-bond donors (Lipinski definition) is 2. The molecule has 0 fully saturated rings. The molecule has 0 saturated heterocycles. The first kappa shape index (κ1) is 16.6. The van der Waals surface area contributed by atoms with Gasteiger partial charge >= 0.3 is 0 Å². The van der Waals surface area contributed by atoms with Crippen molar-refractivity contribution in [2.75, 3.05) is 33.5 Å². The standard InChI is InChI=1S/C14H25NO3S/c1-10-7-14(12(3)19-10)11(2)15-8-13(16)9-18-6-5-17-4/h7,11,13,15-16H,5-6,8-9H2,1-4H3. The van der Waals surface area contributed by atoms with Crippen LogP contribution in [0.25, 0.3) is 0 Å². The van der Waals surface area contributed by atoms with Crippen LogP contribution in [-0.2, 0) is 9.47 Å². The highest BCUT2D eigenvalue weighted by atomic mass is 32.1. The molecule has 1 rings (SSSR count). The summed E-state index contributed by atoms with van der Waals surface area (Å²) in [6, 6.07) is 2.46. The molecule has 1 aromatic rings. The summed E-state index contributed by atoms with van der Waals surface area (Å²) in [5.41, 5.74) is 1.31. The quantitative estimate of drug-likeness (QED) is 0.683. The summed E-state index contributed by atoms with van der Waals surface area (Å²) in [7, 11) is 1.63. The Morgan fingerprint density at radius 2 is 2.11 bits per heavy atom. The summed E-state index contributed by atoms with van der Waals surface area (Å²) in [6.45, 7) is 8.32. The molecule has 0 amide bonds. The molecule has 110 valence electrons. The molecule has 19 heavy (non-hydrogen) atoms. The Labute approximate surface area is 119 Å². The van der Waals surface area contributed by atoms with Crippen LogP contribution < -0.4 is 5.32 Å². The van der Waals surface area contributed by atoms with Crippen LogP contribution in [0.15, 0.2) is 6.07 Å². The predicted molar refractivity (Wildman–Crippen MR) is 78.9 cm³/mol. The molecule has 4 nitrogen and oxygen atoms in total. The maximum atomic E-state index is 9.79. The van der Waals surface area contributed by atoms with E-state index in [1.54, 1.807) is 7.11 Å². The Hall–Kier alpha value is -0.460. The van der Waals surface area contributed by atoms with Gasteiger partial charge in [0.05, 0.1) is 25.9 Å². The van der Waals surface area contributed by atoms with E-state index in [1.807, 2.05) is 11.3 Å².